The summed E-state index contributed by atoms with van der Waals surface area (Å²) in [7, 11) is 2.62. The van der Waals surface area contributed by atoms with Crippen molar-refractivity contribution in [2.24, 2.45) is 0 Å². The van der Waals surface area contributed by atoms with Crippen molar-refractivity contribution in [1.82, 2.24) is 0 Å². The molecule has 94 valence electrons. The van der Waals surface area contributed by atoms with Gasteiger partial charge in [-0.1, -0.05) is 0 Å². The molecular formula is C12H10INO4. The van der Waals surface area contributed by atoms with Crippen molar-refractivity contribution >= 4 is 34.6 Å². The largest absolute Gasteiger partial charge is 0.504 e. The summed E-state index contributed by atoms with van der Waals surface area (Å²) >= 11 is 1.93. The molecule has 1 N–H and O–H groups in total. The maximum atomic E-state index is 11.3. The number of methoxy groups -OCH3 is 2. The number of halogens is 1. The number of benzene rings is 1. The summed E-state index contributed by atoms with van der Waals surface area (Å²) in [4.78, 5) is 11.3. The molecule has 5 nitrogen and oxygen atoms in total. The van der Waals surface area contributed by atoms with Crippen LogP contribution in [0.15, 0.2) is 17.7 Å². The lowest BCUT2D eigenvalue weighted by molar-refractivity contribution is -0.135. The number of rotatable bonds is 3. The van der Waals surface area contributed by atoms with Gasteiger partial charge in [-0.2, -0.15) is 5.26 Å². The van der Waals surface area contributed by atoms with Gasteiger partial charge in [-0.15, -0.1) is 0 Å². The second-order valence-corrected chi connectivity index (χ2v) is 4.38. The van der Waals surface area contributed by atoms with Crippen molar-refractivity contribution in [2.45, 2.75) is 0 Å². The average Bonchev–Trinajstić information content (AvgIpc) is 2.38. The molecular weight excluding hydrogens is 349 g/mol. The third-order valence-electron chi connectivity index (χ3n) is 2.11. The Morgan fingerprint density at radius 1 is 1.50 bits per heavy atom. The summed E-state index contributed by atoms with van der Waals surface area (Å²) in [5, 5.41) is 18.5. The summed E-state index contributed by atoms with van der Waals surface area (Å²) in [6, 6.07) is 4.90. The highest BCUT2D eigenvalue weighted by Crippen LogP contribution is 2.33. The highest BCUT2D eigenvalue weighted by molar-refractivity contribution is 14.1. The molecule has 1 aromatic carbocycles. The van der Waals surface area contributed by atoms with Gasteiger partial charge in [0.1, 0.15) is 11.6 Å². The molecule has 0 spiro atoms. The molecule has 0 aliphatic carbocycles. The van der Waals surface area contributed by atoms with Gasteiger partial charge >= 0.3 is 5.97 Å². The van der Waals surface area contributed by atoms with Crippen LogP contribution in [0.5, 0.6) is 11.5 Å². The third kappa shape index (κ3) is 3.13. The standard InChI is InChI=1S/C12H10INO4/c1-17-10-5-7(4-9(13)11(10)15)3-8(6-14)12(16)18-2/h3-5,15H,1-2H3/b8-3+. The summed E-state index contributed by atoms with van der Waals surface area (Å²) in [6.07, 6.45) is 1.37. The predicted molar refractivity (Wildman–Crippen MR) is 73.0 cm³/mol. The average molecular weight is 359 g/mol. The fraction of sp³-hybridized carbons (Fsp3) is 0.167. The number of nitriles is 1. The zero-order valence-electron chi connectivity index (χ0n) is 9.73. The van der Waals surface area contributed by atoms with Crippen LogP contribution in [0.3, 0.4) is 0 Å². The first-order valence-corrected chi connectivity index (χ1v) is 5.88. The Balaban J connectivity index is 3.27. The van der Waals surface area contributed by atoms with Crippen molar-refractivity contribution in [2.75, 3.05) is 14.2 Å². The molecule has 0 saturated heterocycles. The van der Waals surface area contributed by atoms with Crippen LogP contribution in [0.2, 0.25) is 0 Å². The van der Waals surface area contributed by atoms with Gasteiger partial charge in [0, 0.05) is 0 Å². The number of carbonyl (C=O) groups excluding carboxylic acids is 1. The van der Waals surface area contributed by atoms with Crippen molar-refractivity contribution in [3.63, 3.8) is 0 Å². The first kappa shape index (κ1) is 14.3. The van der Waals surface area contributed by atoms with Crippen LogP contribution >= 0.6 is 22.6 Å². The van der Waals surface area contributed by atoms with Crippen molar-refractivity contribution in [1.29, 1.82) is 5.26 Å². The lowest BCUT2D eigenvalue weighted by Gasteiger charge is -2.06. The zero-order valence-corrected chi connectivity index (χ0v) is 11.9. The first-order chi connectivity index (χ1) is 8.53. The van der Waals surface area contributed by atoms with Crippen LogP contribution in [-0.4, -0.2) is 25.3 Å². The van der Waals surface area contributed by atoms with E-state index in [9.17, 15) is 9.90 Å². The summed E-state index contributed by atoms with van der Waals surface area (Å²) in [5.41, 5.74) is 0.442. The summed E-state index contributed by atoms with van der Waals surface area (Å²) in [5.74, 6) is -0.415. The van der Waals surface area contributed by atoms with Crippen LogP contribution < -0.4 is 4.74 Å². The van der Waals surface area contributed by atoms with E-state index in [4.69, 9.17) is 10.00 Å². The molecule has 0 fully saturated rings. The van der Waals surface area contributed by atoms with Gasteiger partial charge in [-0.25, -0.2) is 4.79 Å². The third-order valence-corrected chi connectivity index (χ3v) is 2.93. The molecule has 1 rings (SSSR count). The van der Waals surface area contributed by atoms with Crippen LogP contribution in [-0.2, 0) is 9.53 Å². The van der Waals surface area contributed by atoms with Gasteiger partial charge in [0.2, 0.25) is 0 Å². The molecule has 0 unspecified atom stereocenters. The number of nitrogens with zero attached hydrogens (tertiary/aromatic N) is 1. The fourth-order valence-corrected chi connectivity index (χ4v) is 1.87. The monoisotopic (exact) mass is 359 g/mol. The van der Waals surface area contributed by atoms with Crippen LogP contribution in [0.4, 0.5) is 0 Å². The molecule has 6 heteroatoms. The van der Waals surface area contributed by atoms with Gasteiger partial charge in [-0.3, -0.25) is 0 Å². The molecule has 1 aromatic rings. The van der Waals surface area contributed by atoms with E-state index in [1.807, 2.05) is 22.6 Å². The van der Waals surface area contributed by atoms with E-state index in [2.05, 4.69) is 4.74 Å². The number of phenolic OH excluding ortho intramolecular Hbond substituents is 1. The lowest BCUT2D eigenvalue weighted by atomic mass is 10.1. The summed E-state index contributed by atoms with van der Waals surface area (Å²) < 4.78 is 10.0. The van der Waals surface area contributed by atoms with Gasteiger partial charge < -0.3 is 14.6 Å². The van der Waals surface area contributed by atoms with Crippen molar-refractivity contribution in [3.8, 4) is 17.6 Å². The van der Waals surface area contributed by atoms with Crippen LogP contribution in [0.25, 0.3) is 6.08 Å². The number of hydrogen-bond acceptors (Lipinski definition) is 5. The molecule has 0 bridgehead atoms. The molecule has 0 aromatic heterocycles. The van der Waals surface area contributed by atoms with Crippen molar-refractivity contribution in [3.05, 3.63) is 26.8 Å². The number of carbonyl (C=O) groups is 1. The number of phenols is 1. The van der Waals surface area contributed by atoms with Gasteiger partial charge in [0.25, 0.3) is 0 Å². The van der Waals surface area contributed by atoms with Crippen LogP contribution in [0.1, 0.15) is 5.56 Å². The van der Waals surface area contributed by atoms with Crippen molar-refractivity contribution < 1.29 is 19.4 Å². The Kier molecular flexibility index (Phi) is 4.97. The van der Waals surface area contributed by atoms with E-state index in [1.165, 1.54) is 26.4 Å². The summed E-state index contributed by atoms with van der Waals surface area (Å²) in [6.45, 7) is 0. The van der Waals surface area contributed by atoms with E-state index in [0.29, 0.717) is 9.13 Å². The molecule has 18 heavy (non-hydrogen) atoms. The molecule has 0 atom stereocenters. The van der Waals surface area contributed by atoms with Gasteiger partial charge in [-0.05, 0) is 46.4 Å². The normalized spacial score (nSPS) is 10.7. The van der Waals surface area contributed by atoms with E-state index in [0.717, 1.165) is 0 Å². The maximum Gasteiger partial charge on any atom is 0.348 e. The Hall–Kier alpha value is -1.75. The highest BCUT2D eigenvalue weighted by Gasteiger charge is 2.11. The van der Waals surface area contributed by atoms with E-state index < -0.39 is 5.97 Å². The first-order valence-electron chi connectivity index (χ1n) is 4.80. The topological polar surface area (TPSA) is 79.6 Å². The Bertz CT molecular complexity index is 546. The Labute approximate surface area is 118 Å². The zero-order chi connectivity index (χ0) is 13.7. The quantitative estimate of drug-likeness (QED) is 0.387. The molecule has 0 aliphatic heterocycles. The minimum atomic E-state index is -0.709. The van der Waals surface area contributed by atoms with E-state index in [-0.39, 0.29) is 17.1 Å². The van der Waals surface area contributed by atoms with Crippen LogP contribution in [0, 0.1) is 14.9 Å². The fourth-order valence-electron chi connectivity index (χ4n) is 1.25. The minimum Gasteiger partial charge on any atom is -0.504 e. The molecule has 0 radical (unpaired) electrons. The number of ether oxygens (including phenoxy) is 2. The van der Waals surface area contributed by atoms with Gasteiger partial charge in [0.15, 0.2) is 11.5 Å². The Morgan fingerprint density at radius 2 is 2.17 bits per heavy atom. The number of hydrogen-bond donors (Lipinski definition) is 1. The van der Waals surface area contributed by atoms with E-state index >= 15 is 0 Å². The second kappa shape index (κ2) is 6.26. The molecule has 0 heterocycles. The highest BCUT2D eigenvalue weighted by atomic mass is 127. The SMILES string of the molecule is COC(=O)/C(C#N)=C/c1cc(I)c(O)c(OC)c1. The predicted octanol–water partition coefficient (Wildman–Crippen LogP) is 2.09. The number of esters is 1. The molecule has 0 aliphatic rings. The Morgan fingerprint density at radius 3 is 2.67 bits per heavy atom. The van der Waals surface area contributed by atoms with Gasteiger partial charge in [0.05, 0.1) is 17.8 Å². The van der Waals surface area contributed by atoms with E-state index in [1.54, 1.807) is 12.1 Å². The number of aromatic hydroxyl groups is 1. The minimum absolute atomic E-state index is 0.0202. The second-order valence-electron chi connectivity index (χ2n) is 3.21. The molecule has 0 saturated carbocycles. The molecule has 0 amide bonds. The smallest absolute Gasteiger partial charge is 0.348 e. The lowest BCUT2D eigenvalue weighted by Crippen LogP contribution is -2.02. The maximum absolute atomic E-state index is 11.3.